The molecule has 319 valence electrons. The van der Waals surface area contributed by atoms with Gasteiger partial charge in [0.15, 0.2) is 0 Å². The van der Waals surface area contributed by atoms with E-state index in [0.717, 1.165) is 48.7 Å². The molecule has 0 bridgehead atoms. The fourth-order valence-electron chi connectivity index (χ4n) is 13.8. The maximum atomic E-state index is 9.61. The average molecular weight is 956 g/mol. The molecule has 4 aliphatic rings. The quantitative estimate of drug-likeness (QED) is 0.149. The van der Waals surface area contributed by atoms with Gasteiger partial charge < -0.3 is 0 Å². The molecule has 0 N–H and O–H groups in total. The fourth-order valence-corrected chi connectivity index (χ4v) is 51.0. The Morgan fingerprint density at radius 3 is 1.21 bits per heavy atom. The number of hydrogen-bond donors (Lipinski definition) is 0. The maximum absolute atomic E-state index is 9.61. The predicted molar refractivity (Wildman–Crippen MR) is 264 cm³/mol. The summed E-state index contributed by atoms with van der Waals surface area (Å²) in [6.45, 7) is 28.4. The van der Waals surface area contributed by atoms with Gasteiger partial charge in [0.2, 0.25) is 0 Å². The Kier molecular flexibility index (Phi) is 9.48. The molecule has 2 heterocycles. The van der Waals surface area contributed by atoms with Crippen LogP contribution in [0, 0.1) is 13.8 Å². The number of fused-ring (bicyclic) bond motifs is 4. The molecule has 10 rings (SSSR count). The summed E-state index contributed by atoms with van der Waals surface area (Å²) in [5.41, 5.74) is 21.0. The van der Waals surface area contributed by atoms with Gasteiger partial charge in [-0.3, -0.25) is 0 Å². The molecule has 2 aromatic heterocycles. The summed E-state index contributed by atoms with van der Waals surface area (Å²) in [6, 6.07) is 36.0. The van der Waals surface area contributed by atoms with Crippen molar-refractivity contribution in [2.75, 3.05) is 0 Å². The molecule has 0 radical (unpaired) electrons. The van der Waals surface area contributed by atoms with Crippen LogP contribution in [-0.2, 0) is 45.5 Å². The van der Waals surface area contributed by atoms with Crippen molar-refractivity contribution in [3.63, 3.8) is 0 Å². The van der Waals surface area contributed by atoms with Gasteiger partial charge in [-0.25, -0.2) is 0 Å². The second-order valence-electron chi connectivity index (χ2n) is 21.2. The summed E-state index contributed by atoms with van der Waals surface area (Å²) in [5, 5.41) is 0. The van der Waals surface area contributed by atoms with Gasteiger partial charge in [-0.1, -0.05) is 0 Å². The molecule has 2 nitrogen and oxygen atoms in total. The third-order valence-electron chi connectivity index (χ3n) is 16.7. The van der Waals surface area contributed by atoms with Crippen molar-refractivity contribution in [3.8, 4) is 22.3 Å². The summed E-state index contributed by atoms with van der Waals surface area (Å²) >= 11 is -5.84. The Bertz CT molecular complexity index is 2750. The zero-order valence-electron chi connectivity index (χ0n) is 38.7. The first-order valence-corrected chi connectivity index (χ1v) is 38.8. The third-order valence-corrected chi connectivity index (χ3v) is 76.5. The Balaban J connectivity index is 1.41. The van der Waals surface area contributed by atoms with Crippen molar-refractivity contribution >= 4 is 45.2 Å². The second kappa shape index (κ2) is 13.8. The Morgan fingerprint density at radius 2 is 0.887 bits per heavy atom. The summed E-state index contributed by atoms with van der Waals surface area (Å²) < 4.78 is 12.2. The van der Waals surface area contributed by atoms with Gasteiger partial charge in [0.25, 0.3) is 0 Å². The summed E-state index contributed by atoms with van der Waals surface area (Å²) in [5.74, 6) is 1.41. The van der Waals surface area contributed by atoms with E-state index in [1.54, 1.807) is 0 Å². The van der Waals surface area contributed by atoms with Crippen molar-refractivity contribution in [1.29, 1.82) is 0 Å². The molecule has 0 spiro atoms. The number of aryl methyl sites for hydroxylation is 4. The molecule has 4 aliphatic carbocycles. The van der Waals surface area contributed by atoms with Gasteiger partial charge in [0.1, 0.15) is 0 Å². The Morgan fingerprint density at radius 1 is 0.516 bits per heavy atom. The van der Waals surface area contributed by atoms with E-state index in [-0.39, 0.29) is 10.8 Å². The van der Waals surface area contributed by atoms with Crippen molar-refractivity contribution in [2.45, 2.75) is 125 Å². The van der Waals surface area contributed by atoms with E-state index in [2.05, 4.69) is 179 Å². The molecule has 6 aromatic rings. The number of halogens is 2. The zero-order chi connectivity index (χ0) is 44.1. The minimum atomic E-state index is -5.84. The van der Waals surface area contributed by atoms with Crippen molar-refractivity contribution in [2.24, 2.45) is 0 Å². The number of allylic oxidation sites excluding steroid dienone is 4. The van der Waals surface area contributed by atoms with Gasteiger partial charge in [-0.2, -0.15) is 0 Å². The van der Waals surface area contributed by atoms with Gasteiger partial charge in [0, 0.05) is 0 Å². The van der Waals surface area contributed by atoms with E-state index in [1.807, 2.05) is 0 Å². The van der Waals surface area contributed by atoms with E-state index in [1.165, 1.54) is 89.1 Å². The second-order valence-corrected chi connectivity index (χ2v) is 63.9. The standard InChI is InChI=1S/2C27H27O.C2H7Si.2ClH.Zr/c2*1-16-11-12-22(28-16)23-17(2)21-15-20-13-14-27(4,5)26(20)25(24(21)18(23)3)19-9-7-6-8-10-19;1-3-2;;;/h2*6-12,15H,13-14H2,1-5H3;3H,1-2H3;2*1H;/q;;;;;+2/p-2. The predicted octanol–water partition coefficient (Wildman–Crippen LogP) is 16.3. The number of furan rings is 2. The molecule has 6 heteroatoms. The van der Waals surface area contributed by atoms with Gasteiger partial charge in [-0.05, 0) is 0 Å². The van der Waals surface area contributed by atoms with Crippen LogP contribution in [0.4, 0.5) is 0 Å². The third kappa shape index (κ3) is 5.25. The summed E-state index contributed by atoms with van der Waals surface area (Å²) in [6.07, 6.45) is 4.24. The normalized spacial score (nSPS) is 22.9. The first-order valence-electron chi connectivity index (χ1n) is 22.8. The molecular formula is C56H61Cl2O2SiZr. The van der Waals surface area contributed by atoms with Gasteiger partial charge in [-0.15, -0.1) is 0 Å². The van der Waals surface area contributed by atoms with E-state index in [0.29, 0.717) is 0 Å². The molecule has 4 aromatic carbocycles. The minimum absolute atomic E-state index is 0.00549. The molecule has 0 amide bonds. The van der Waals surface area contributed by atoms with Crippen LogP contribution in [0.25, 0.3) is 44.5 Å². The molecule has 2 atom stereocenters. The Hall–Kier alpha value is -3.40. The van der Waals surface area contributed by atoms with Crippen LogP contribution in [-0.4, -0.2) is 5.92 Å². The molecule has 0 saturated carbocycles. The van der Waals surface area contributed by atoms with Crippen molar-refractivity contribution < 1.29 is 24.4 Å². The van der Waals surface area contributed by atoms with E-state index >= 15 is 0 Å². The molecule has 2 unspecified atom stereocenters. The van der Waals surface area contributed by atoms with E-state index in [9.17, 15) is 17.0 Å². The first-order chi connectivity index (χ1) is 29.2. The van der Waals surface area contributed by atoms with Crippen LogP contribution in [0.15, 0.2) is 106 Å². The number of rotatable bonds is 7. The summed E-state index contributed by atoms with van der Waals surface area (Å²) in [4.78, 5) is 0. The average Bonchev–Trinajstić information content (AvgIpc) is 4.07. The summed E-state index contributed by atoms with van der Waals surface area (Å²) in [7, 11) is 19.2. The van der Waals surface area contributed by atoms with Crippen LogP contribution in [0.2, 0.25) is 13.1 Å². The van der Waals surface area contributed by atoms with Crippen LogP contribution in [0.3, 0.4) is 0 Å². The molecule has 0 fully saturated rings. The van der Waals surface area contributed by atoms with Crippen molar-refractivity contribution in [1.82, 2.24) is 0 Å². The SMILES string of the molecule is CC1=C(c2ccc(C)o2)[C](C)([Zr]([Cl])([Cl])([SiH](C)C)[C]2(C)C(c3ccc(C)o3)=C(C)c3c2cc2c(c3-c3ccccc3)C(C)(C)CC2)c2cc3c(c(-c4ccccc4)c21)C(C)(C)CC3. The molecular weight excluding hydrogens is 895 g/mol. The molecule has 0 saturated heterocycles. The number of benzene rings is 4. The number of hydrogen-bond acceptors (Lipinski definition) is 2. The Labute approximate surface area is 378 Å². The fraction of sp³-hybridized carbons (Fsp3) is 0.357. The van der Waals surface area contributed by atoms with E-state index < -0.39 is 27.7 Å². The molecule has 62 heavy (non-hydrogen) atoms. The van der Waals surface area contributed by atoms with Crippen LogP contribution in [0.5, 0.6) is 0 Å². The topological polar surface area (TPSA) is 26.3 Å². The van der Waals surface area contributed by atoms with E-state index in [4.69, 9.17) is 8.83 Å². The van der Waals surface area contributed by atoms with Gasteiger partial charge >= 0.3 is 382 Å². The monoisotopic (exact) mass is 953 g/mol. The van der Waals surface area contributed by atoms with Crippen LogP contribution in [0.1, 0.15) is 136 Å². The molecule has 0 aliphatic heterocycles. The zero-order valence-corrected chi connectivity index (χ0v) is 43.8. The van der Waals surface area contributed by atoms with Crippen molar-refractivity contribution in [3.05, 3.63) is 165 Å². The van der Waals surface area contributed by atoms with Gasteiger partial charge in [0.05, 0.1) is 0 Å². The van der Waals surface area contributed by atoms with Crippen LogP contribution < -0.4 is 0 Å². The van der Waals surface area contributed by atoms with Crippen LogP contribution >= 0.6 is 17.0 Å². The first kappa shape index (κ1) is 42.5.